The zero-order chi connectivity index (χ0) is 23.9. The molecule has 0 atom stereocenters. The van der Waals surface area contributed by atoms with Gasteiger partial charge in [-0.2, -0.15) is 0 Å². The number of hydrogen-bond acceptors (Lipinski definition) is 3. The second-order valence-electron chi connectivity index (χ2n) is 9.91. The van der Waals surface area contributed by atoms with Gasteiger partial charge in [0.2, 0.25) is 5.12 Å². The summed E-state index contributed by atoms with van der Waals surface area (Å²) in [5, 5.41) is 0.972. The summed E-state index contributed by atoms with van der Waals surface area (Å²) < 4.78 is 2.01. The summed E-state index contributed by atoms with van der Waals surface area (Å²) in [7, 11) is 1.98. The first-order valence-corrected chi connectivity index (χ1v) is 13.6. The molecule has 0 amide bonds. The molecule has 0 aliphatic heterocycles. The average molecular weight is 480 g/mol. The van der Waals surface area contributed by atoms with E-state index in [0.717, 1.165) is 42.1 Å². The van der Waals surface area contributed by atoms with Crippen LogP contribution in [0.15, 0.2) is 72.9 Å². The Morgan fingerprint density at radius 1 is 0.886 bits per heavy atom. The van der Waals surface area contributed by atoms with Crippen molar-refractivity contribution in [2.75, 3.05) is 5.75 Å². The van der Waals surface area contributed by atoms with E-state index in [-0.39, 0.29) is 22.7 Å². The Morgan fingerprint density at radius 2 is 1.54 bits per heavy atom. The molecule has 35 heavy (non-hydrogen) atoms. The number of benzene rings is 3. The fraction of sp³-hybridized carbons (Fsp3) is 0.290. The maximum absolute atomic E-state index is 13.3. The van der Waals surface area contributed by atoms with Crippen LogP contribution in [0.3, 0.4) is 0 Å². The van der Waals surface area contributed by atoms with Gasteiger partial charge in [-0.1, -0.05) is 79.6 Å². The van der Waals surface area contributed by atoms with Gasteiger partial charge in [0, 0.05) is 52.9 Å². The molecule has 0 N–H and O–H groups in total. The lowest BCUT2D eigenvalue weighted by atomic mass is 9.84. The van der Waals surface area contributed by atoms with Crippen molar-refractivity contribution in [3.63, 3.8) is 0 Å². The largest absolute Gasteiger partial charge is 0.350 e. The van der Waals surface area contributed by atoms with E-state index in [1.54, 1.807) is 0 Å². The summed E-state index contributed by atoms with van der Waals surface area (Å²) in [4.78, 5) is 26.7. The van der Waals surface area contributed by atoms with Gasteiger partial charge in [-0.15, -0.1) is 0 Å². The molecule has 1 fully saturated rings. The Kier molecular flexibility index (Phi) is 5.85. The molecule has 1 saturated carbocycles. The van der Waals surface area contributed by atoms with Crippen molar-refractivity contribution in [2.45, 2.75) is 38.0 Å². The molecule has 4 aromatic rings. The fourth-order valence-electron chi connectivity index (χ4n) is 5.98. The second kappa shape index (κ2) is 9.16. The molecule has 4 heteroatoms. The summed E-state index contributed by atoms with van der Waals surface area (Å²) in [5.41, 5.74) is 7.60. The predicted molar refractivity (Wildman–Crippen MR) is 144 cm³/mol. The minimum Gasteiger partial charge on any atom is -0.350 e. The maximum Gasteiger partial charge on any atom is 0.219 e. The molecule has 176 valence electrons. The van der Waals surface area contributed by atoms with Gasteiger partial charge in [-0.3, -0.25) is 9.59 Å². The lowest BCUT2D eigenvalue weighted by molar-refractivity contribution is 0.0890. The Balaban J connectivity index is 1.26. The number of Topliss-reactive ketones (excluding diaryl/α,β-unsaturated/α-hetero) is 1. The van der Waals surface area contributed by atoms with Crippen LogP contribution >= 0.6 is 11.8 Å². The maximum atomic E-state index is 13.3. The fourth-order valence-corrected chi connectivity index (χ4v) is 6.95. The van der Waals surface area contributed by atoms with Crippen molar-refractivity contribution in [3.05, 3.63) is 95.2 Å². The van der Waals surface area contributed by atoms with Gasteiger partial charge >= 0.3 is 0 Å². The van der Waals surface area contributed by atoms with Crippen LogP contribution in [0.5, 0.6) is 0 Å². The second-order valence-corrected chi connectivity index (χ2v) is 10.9. The number of aryl methyl sites for hydroxylation is 1. The van der Waals surface area contributed by atoms with Crippen LogP contribution in [0.25, 0.3) is 22.0 Å². The third kappa shape index (κ3) is 3.94. The van der Waals surface area contributed by atoms with E-state index in [9.17, 15) is 9.59 Å². The number of hydrogen-bond donors (Lipinski definition) is 0. The lowest BCUT2D eigenvalue weighted by Gasteiger charge is -2.19. The molecular weight excluding hydrogens is 450 g/mol. The third-order valence-electron chi connectivity index (χ3n) is 7.81. The van der Waals surface area contributed by atoms with Crippen molar-refractivity contribution in [2.24, 2.45) is 13.0 Å². The van der Waals surface area contributed by atoms with Crippen molar-refractivity contribution in [1.82, 2.24) is 4.57 Å². The highest BCUT2D eigenvalue weighted by molar-refractivity contribution is 8.14. The van der Waals surface area contributed by atoms with Crippen molar-refractivity contribution in [1.29, 1.82) is 0 Å². The molecule has 0 radical (unpaired) electrons. The topological polar surface area (TPSA) is 39.1 Å². The molecule has 3 nitrogen and oxygen atoms in total. The monoisotopic (exact) mass is 479 g/mol. The van der Waals surface area contributed by atoms with Crippen LogP contribution in [0.4, 0.5) is 0 Å². The lowest BCUT2D eigenvalue weighted by Crippen LogP contribution is -2.17. The first kappa shape index (κ1) is 22.4. The van der Waals surface area contributed by atoms with E-state index >= 15 is 0 Å². The van der Waals surface area contributed by atoms with Crippen molar-refractivity contribution in [3.8, 4) is 11.1 Å². The van der Waals surface area contributed by atoms with Gasteiger partial charge < -0.3 is 4.57 Å². The first-order valence-electron chi connectivity index (χ1n) is 12.6. The van der Waals surface area contributed by atoms with E-state index in [2.05, 4.69) is 48.5 Å². The van der Waals surface area contributed by atoms with Gasteiger partial charge in [0.1, 0.15) is 0 Å². The van der Waals surface area contributed by atoms with Crippen LogP contribution in [0.1, 0.15) is 69.9 Å². The smallest absolute Gasteiger partial charge is 0.219 e. The third-order valence-corrected chi connectivity index (χ3v) is 8.81. The van der Waals surface area contributed by atoms with Gasteiger partial charge in [0.05, 0.1) is 0 Å². The van der Waals surface area contributed by atoms with Gasteiger partial charge in [-0.25, -0.2) is 0 Å². The van der Waals surface area contributed by atoms with E-state index in [4.69, 9.17) is 0 Å². The molecular formula is C31H29NO2S. The van der Waals surface area contributed by atoms with E-state index in [1.807, 2.05) is 36.0 Å². The molecule has 0 bridgehead atoms. The van der Waals surface area contributed by atoms with Crippen LogP contribution < -0.4 is 0 Å². The van der Waals surface area contributed by atoms with Gasteiger partial charge in [0.15, 0.2) is 5.78 Å². The Labute approximate surface area is 210 Å². The summed E-state index contributed by atoms with van der Waals surface area (Å²) in [5.74, 6) is 1.27. The summed E-state index contributed by atoms with van der Waals surface area (Å²) >= 11 is 1.38. The van der Waals surface area contributed by atoms with E-state index in [0.29, 0.717) is 11.3 Å². The van der Waals surface area contributed by atoms with Gasteiger partial charge in [0.25, 0.3) is 0 Å². The molecule has 0 spiro atoms. The molecule has 2 aliphatic carbocycles. The number of nitrogens with zero attached hydrogens (tertiary/aromatic N) is 1. The van der Waals surface area contributed by atoms with Crippen molar-refractivity contribution < 1.29 is 9.59 Å². The number of thioether (sulfide) groups is 1. The van der Waals surface area contributed by atoms with Gasteiger partial charge in [-0.05, 0) is 53.3 Å². The Morgan fingerprint density at radius 3 is 2.23 bits per heavy atom. The number of carbonyl (C=O) groups excluding carboxylic acids is 2. The predicted octanol–water partition coefficient (Wildman–Crippen LogP) is 7.63. The Hall–Kier alpha value is -3.11. The molecule has 0 saturated heterocycles. The first-order chi connectivity index (χ1) is 17.1. The minimum absolute atomic E-state index is 0.0636. The summed E-state index contributed by atoms with van der Waals surface area (Å²) in [6.45, 7) is 0. The number of aromatic nitrogens is 1. The van der Waals surface area contributed by atoms with Crippen LogP contribution in [-0.2, 0) is 7.05 Å². The van der Waals surface area contributed by atoms with Crippen LogP contribution in [-0.4, -0.2) is 21.2 Å². The number of carbonyl (C=O) groups is 2. The molecule has 1 aromatic heterocycles. The van der Waals surface area contributed by atoms with Crippen molar-refractivity contribution >= 4 is 33.6 Å². The standard InChI is InChI=1S/C31H29NO2S/c1-32-18-27(30(33)20-9-3-2-4-10-20)26-17-21(15-16-29(26)32)31(34)35-19-28-24-13-7-5-11-22(24)23-12-6-8-14-25(23)28/h5-8,11-18,20,28H,2-4,9-10,19H2,1H3. The molecule has 2 aliphatic rings. The number of rotatable bonds is 5. The SMILES string of the molecule is Cn1cc(C(=O)C2CCCCC2)c2cc(C(=O)SCC3c4ccccc4-c4ccccc43)ccc21. The summed E-state index contributed by atoms with van der Waals surface area (Å²) in [6, 6.07) is 22.9. The van der Waals surface area contributed by atoms with Crippen LogP contribution in [0, 0.1) is 5.92 Å². The highest BCUT2D eigenvalue weighted by Gasteiger charge is 2.29. The highest BCUT2D eigenvalue weighted by Crippen LogP contribution is 2.46. The molecule has 1 heterocycles. The zero-order valence-corrected chi connectivity index (χ0v) is 20.8. The minimum atomic E-state index is 0.0636. The number of fused-ring (bicyclic) bond motifs is 4. The zero-order valence-electron chi connectivity index (χ0n) is 20.0. The molecule has 6 rings (SSSR count). The Bertz CT molecular complexity index is 1400. The van der Waals surface area contributed by atoms with E-state index in [1.165, 1.54) is 40.4 Å². The van der Waals surface area contributed by atoms with Crippen LogP contribution in [0.2, 0.25) is 0 Å². The molecule has 0 unspecified atom stereocenters. The van der Waals surface area contributed by atoms with E-state index < -0.39 is 0 Å². The average Bonchev–Trinajstić information content (AvgIpc) is 3.41. The highest BCUT2D eigenvalue weighted by atomic mass is 32.2. The normalized spacial score (nSPS) is 15.8. The number of ketones is 1. The summed E-state index contributed by atoms with van der Waals surface area (Å²) in [6.07, 6.45) is 7.41. The molecule has 3 aromatic carbocycles. The quantitative estimate of drug-likeness (QED) is 0.276.